The number of rotatable bonds is 6. The van der Waals surface area contributed by atoms with Crippen LogP contribution in [0.5, 0.6) is 5.88 Å². The molecule has 0 radical (unpaired) electrons. The van der Waals surface area contributed by atoms with Gasteiger partial charge in [-0.3, -0.25) is 0 Å². The van der Waals surface area contributed by atoms with Crippen LogP contribution >= 0.6 is 23.2 Å². The molecule has 0 saturated carbocycles. The minimum atomic E-state index is -1.04. The third-order valence-corrected chi connectivity index (χ3v) is 6.68. The van der Waals surface area contributed by atoms with Gasteiger partial charge in [-0.1, -0.05) is 41.4 Å². The predicted octanol–water partition coefficient (Wildman–Crippen LogP) is 5.60. The van der Waals surface area contributed by atoms with Gasteiger partial charge in [0.1, 0.15) is 0 Å². The number of hydrogen-bond donors (Lipinski definition) is 2. The summed E-state index contributed by atoms with van der Waals surface area (Å²) in [5, 5.41) is 17.8. The first kappa shape index (κ1) is 22.1. The maximum absolute atomic E-state index is 12.2. The first-order chi connectivity index (χ1) is 15.0. The summed E-state index contributed by atoms with van der Waals surface area (Å²) >= 11 is 12.6. The second-order valence-electron chi connectivity index (χ2n) is 8.08. The van der Waals surface area contributed by atoms with Crippen LogP contribution in [-0.2, 0) is 0 Å². The predicted molar refractivity (Wildman–Crippen MR) is 127 cm³/mol. The van der Waals surface area contributed by atoms with Gasteiger partial charge < -0.3 is 15.2 Å². The van der Waals surface area contributed by atoms with E-state index in [1.165, 1.54) is 0 Å². The standard InChI is InChI=1S/C25H26Cl2N2O2/c1-3-5-18-15-28-11-10-25(18,30)23(16-6-4-7-19(26)12-16)21-14-17-13-20(27)8-9-22(17)29-24(21)31-2/h3-4,6-9,12-14,18,23,28,30H,1,5,10-11,15H2,2H3. The number of piperidine rings is 1. The van der Waals surface area contributed by atoms with Crippen molar-refractivity contribution in [2.24, 2.45) is 5.92 Å². The number of methoxy groups -OCH3 is 1. The van der Waals surface area contributed by atoms with E-state index >= 15 is 0 Å². The summed E-state index contributed by atoms with van der Waals surface area (Å²) in [6.07, 6.45) is 3.14. The molecule has 3 aromatic rings. The highest BCUT2D eigenvalue weighted by molar-refractivity contribution is 6.31. The lowest BCUT2D eigenvalue weighted by atomic mass is 9.66. The molecule has 4 rings (SSSR count). The molecule has 162 valence electrons. The zero-order chi connectivity index (χ0) is 22.0. The number of aliphatic hydroxyl groups is 1. The Kier molecular flexibility index (Phi) is 6.54. The molecule has 1 aliphatic rings. The monoisotopic (exact) mass is 456 g/mol. The van der Waals surface area contributed by atoms with Gasteiger partial charge in [0, 0.05) is 39.4 Å². The molecule has 1 aliphatic heterocycles. The lowest BCUT2D eigenvalue weighted by Gasteiger charge is -2.46. The van der Waals surface area contributed by atoms with Gasteiger partial charge in [-0.15, -0.1) is 6.58 Å². The quantitative estimate of drug-likeness (QED) is 0.474. The molecular formula is C25H26Cl2N2O2. The average Bonchev–Trinajstić information content (AvgIpc) is 2.75. The maximum atomic E-state index is 12.2. The highest BCUT2D eigenvalue weighted by atomic mass is 35.5. The number of allylic oxidation sites excluding steroid dienone is 1. The van der Waals surface area contributed by atoms with Gasteiger partial charge in [-0.2, -0.15) is 0 Å². The molecule has 0 aliphatic carbocycles. The smallest absolute Gasteiger partial charge is 0.217 e. The molecule has 2 aromatic carbocycles. The van der Waals surface area contributed by atoms with Gasteiger partial charge in [0.2, 0.25) is 5.88 Å². The SMILES string of the molecule is C=CCC1CNCCC1(O)C(c1cccc(Cl)c1)c1cc2cc(Cl)ccc2nc1OC. The van der Waals surface area contributed by atoms with Crippen LogP contribution in [0.15, 0.2) is 61.2 Å². The highest BCUT2D eigenvalue weighted by Gasteiger charge is 2.47. The minimum absolute atomic E-state index is 0.0255. The molecule has 1 aromatic heterocycles. The molecule has 3 unspecified atom stereocenters. The molecular weight excluding hydrogens is 431 g/mol. The summed E-state index contributed by atoms with van der Waals surface area (Å²) in [7, 11) is 1.61. The third-order valence-electron chi connectivity index (χ3n) is 6.21. The normalized spacial score (nSPS) is 22.3. The Hall–Kier alpha value is -2.11. The van der Waals surface area contributed by atoms with Crippen molar-refractivity contribution in [3.63, 3.8) is 0 Å². The molecule has 0 amide bonds. The van der Waals surface area contributed by atoms with Crippen molar-refractivity contribution in [1.82, 2.24) is 10.3 Å². The molecule has 2 heterocycles. The maximum Gasteiger partial charge on any atom is 0.217 e. The van der Waals surface area contributed by atoms with Gasteiger partial charge >= 0.3 is 0 Å². The summed E-state index contributed by atoms with van der Waals surface area (Å²) < 4.78 is 5.72. The number of halogens is 2. The summed E-state index contributed by atoms with van der Waals surface area (Å²) in [5.74, 6) is 0.0793. The zero-order valence-corrected chi connectivity index (χ0v) is 19.0. The van der Waals surface area contributed by atoms with Crippen molar-refractivity contribution < 1.29 is 9.84 Å². The van der Waals surface area contributed by atoms with Gasteiger partial charge in [-0.25, -0.2) is 4.98 Å². The average molecular weight is 457 g/mol. The van der Waals surface area contributed by atoms with Crippen molar-refractivity contribution >= 4 is 34.1 Å². The highest BCUT2D eigenvalue weighted by Crippen LogP contribution is 2.47. The van der Waals surface area contributed by atoms with Crippen LogP contribution in [-0.4, -0.2) is 35.9 Å². The van der Waals surface area contributed by atoms with E-state index in [0.29, 0.717) is 35.3 Å². The molecule has 4 nitrogen and oxygen atoms in total. The van der Waals surface area contributed by atoms with E-state index in [1.54, 1.807) is 7.11 Å². The zero-order valence-electron chi connectivity index (χ0n) is 17.4. The molecule has 31 heavy (non-hydrogen) atoms. The molecule has 1 saturated heterocycles. The van der Waals surface area contributed by atoms with Crippen LogP contribution in [0.4, 0.5) is 0 Å². The number of aromatic nitrogens is 1. The number of pyridine rings is 1. The number of hydrogen-bond acceptors (Lipinski definition) is 4. The van der Waals surface area contributed by atoms with E-state index in [0.717, 1.165) is 28.6 Å². The number of fused-ring (bicyclic) bond motifs is 1. The summed E-state index contributed by atoms with van der Waals surface area (Å²) in [6, 6.07) is 15.3. The third kappa shape index (κ3) is 4.31. The van der Waals surface area contributed by atoms with E-state index in [2.05, 4.69) is 11.9 Å². The lowest BCUT2D eigenvalue weighted by molar-refractivity contribution is -0.0534. The molecule has 2 N–H and O–H groups in total. The Morgan fingerprint density at radius 3 is 2.81 bits per heavy atom. The summed E-state index contributed by atoms with van der Waals surface area (Å²) in [5.41, 5.74) is 1.49. The number of nitrogens with one attached hydrogen (secondary N) is 1. The Morgan fingerprint density at radius 2 is 2.06 bits per heavy atom. The Bertz CT molecular complexity index is 1100. The summed E-state index contributed by atoms with van der Waals surface area (Å²) in [4.78, 5) is 4.74. The van der Waals surface area contributed by atoms with Gasteiger partial charge in [0.05, 0.1) is 18.2 Å². The van der Waals surface area contributed by atoms with Crippen LogP contribution < -0.4 is 10.1 Å². The van der Waals surface area contributed by atoms with Crippen molar-refractivity contribution in [2.45, 2.75) is 24.4 Å². The minimum Gasteiger partial charge on any atom is -0.481 e. The molecule has 3 atom stereocenters. The second-order valence-corrected chi connectivity index (χ2v) is 8.95. The van der Waals surface area contributed by atoms with E-state index in [-0.39, 0.29) is 11.8 Å². The fourth-order valence-electron chi connectivity index (χ4n) is 4.75. The number of benzene rings is 2. The van der Waals surface area contributed by atoms with Crippen molar-refractivity contribution in [3.8, 4) is 5.88 Å². The fourth-order valence-corrected chi connectivity index (χ4v) is 5.13. The van der Waals surface area contributed by atoms with Crippen LogP contribution in [0.25, 0.3) is 10.9 Å². The second kappa shape index (κ2) is 9.17. The van der Waals surface area contributed by atoms with Crippen LogP contribution in [0.1, 0.15) is 29.9 Å². The van der Waals surface area contributed by atoms with E-state index in [4.69, 9.17) is 32.9 Å². The van der Waals surface area contributed by atoms with Crippen molar-refractivity contribution in [2.75, 3.05) is 20.2 Å². The van der Waals surface area contributed by atoms with Crippen LogP contribution in [0.3, 0.4) is 0 Å². The molecule has 0 spiro atoms. The molecule has 6 heteroatoms. The van der Waals surface area contributed by atoms with E-state index in [9.17, 15) is 5.11 Å². The Morgan fingerprint density at radius 1 is 1.26 bits per heavy atom. The van der Waals surface area contributed by atoms with Gasteiger partial charge in [0.15, 0.2) is 0 Å². The largest absolute Gasteiger partial charge is 0.481 e. The lowest BCUT2D eigenvalue weighted by Crippen LogP contribution is -2.54. The van der Waals surface area contributed by atoms with Crippen molar-refractivity contribution in [1.29, 1.82) is 0 Å². The van der Waals surface area contributed by atoms with Gasteiger partial charge in [-0.05, 0) is 61.3 Å². The Labute approximate surface area is 192 Å². The fraction of sp³-hybridized carbons (Fsp3) is 0.320. The number of ether oxygens (including phenoxy) is 1. The van der Waals surface area contributed by atoms with E-state index in [1.807, 2.05) is 54.6 Å². The van der Waals surface area contributed by atoms with Crippen molar-refractivity contribution in [3.05, 3.63) is 82.4 Å². The summed E-state index contributed by atoms with van der Waals surface area (Å²) in [6.45, 7) is 5.33. The molecule has 0 bridgehead atoms. The van der Waals surface area contributed by atoms with Crippen LogP contribution in [0.2, 0.25) is 10.0 Å². The van der Waals surface area contributed by atoms with E-state index < -0.39 is 5.60 Å². The van der Waals surface area contributed by atoms with Gasteiger partial charge in [0.25, 0.3) is 0 Å². The first-order valence-electron chi connectivity index (χ1n) is 10.4. The Balaban J connectivity index is 1.98. The topological polar surface area (TPSA) is 54.4 Å². The number of nitrogens with zero attached hydrogens (tertiary/aromatic N) is 1. The molecule has 1 fully saturated rings. The first-order valence-corrected chi connectivity index (χ1v) is 11.2. The van der Waals surface area contributed by atoms with Crippen LogP contribution in [0, 0.1) is 5.92 Å².